The second-order valence-corrected chi connectivity index (χ2v) is 3.60. The van der Waals surface area contributed by atoms with Crippen molar-refractivity contribution in [1.29, 1.82) is 0 Å². The smallest absolute Gasteiger partial charge is 0.379 e. The van der Waals surface area contributed by atoms with E-state index in [1.807, 2.05) is 12.1 Å². The van der Waals surface area contributed by atoms with Gasteiger partial charge in [-0.25, -0.2) is 4.79 Å². The number of ether oxygens (including phenoxy) is 1. The lowest BCUT2D eigenvalue weighted by molar-refractivity contribution is 0.120. The molecule has 0 aliphatic rings. The Morgan fingerprint density at radius 2 is 2.19 bits per heavy atom. The minimum atomic E-state index is -0.620. The standard InChI is InChI=1S/C12H12O4/c1-8(13)7-15-11-6-9-4-2-3-5-10(9)16-12(11)14/h2-6,8,13H,7H2,1H3. The van der Waals surface area contributed by atoms with E-state index in [1.54, 1.807) is 25.1 Å². The maximum absolute atomic E-state index is 11.5. The van der Waals surface area contributed by atoms with Gasteiger partial charge in [0, 0.05) is 5.39 Å². The highest BCUT2D eigenvalue weighted by Gasteiger charge is 2.06. The summed E-state index contributed by atoms with van der Waals surface area (Å²) in [6.45, 7) is 1.66. The van der Waals surface area contributed by atoms with Crippen LogP contribution < -0.4 is 10.4 Å². The van der Waals surface area contributed by atoms with Gasteiger partial charge in [0.1, 0.15) is 12.2 Å². The predicted octanol–water partition coefficient (Wildman–Crippen LogP) is 1.55. The molecule has 2 aromatic rings. The summed E-state index contributed by atoms with van der Waals surface area (Å²) in [6, 6.07) is 8.80. The largest absolute Gasteiger partial charge is 0.484 e. The molecule has 16 heavy (non-hydrogen) atoms. The third-order valence-corrected chi connectivity index (χ3v) is 2.09. The molecule has 4 nitrogen and oxygen atoms in total. The Morgan fingerprint density at radius 3 is 2.94 bits per heavy atom. The van der Waals surface area contributed by atoms with Gasteiger partial charge < -0.3 is 14.3 Å². The molecule has 0 fully saturated rings. The van der Waals surface area contributed by atoms with Gasteiger partial charge in [0.15, 0.2) is 0 Å². The van der Waals surface area contributed by atoms with Crippen LogP contribution in [0, 0.1) is 0 Å². The molecule has 0 bridgehead atoms. The first-order valence-electron chi connectivity index (χ1n) is 5.00. The molecule has 0 saturated heterocycles. The van der Waals surface area contributed by atoms with Crippen molar-refractivity contribution in [2.75, 3.05) is 6.61 Å². The van der Waals surface area contributed by atoms with Gasteiger partial charge in [-0.15, -0.1) is 0 Å². The lowest BCUT2D eigenvalue weighted by atomic mass is 10.2. The third-order valence-electron chi connectivity index (χ3n) is 2.09. The summed E-state index contributed by atoms with van der Waals surface area (Å²) in [4.78, 5) is 11.5. The summed E-state index contributed by atoms with van der Waals surface area (Å²) in [5.41, 5.74) is -0.00348. The molecule has 1 atom stereocenters. The molecule has 1 aromatic carbocycles. The molecule has 0 aliphatic heterocycles. The van der Waals surface area contributed by atoms with Crippen molar-refractivity contribution in [2.24, 2.45) is 0 Å². The van der Waals surface area contributed by atoms with Gasteiger partial charge in [0.05, 0.1) is 6.10 Å². The Bertz CT molecular complexity index is 542. The summed E-state index contributed by atoms with van der Waals surface area (Å²) in [7, 11) is 0. The zero-order valence-electron chi connectivity index (χ0n) is 8.84. The number of para-hydroxylation sites is 1. The highest BCUT2D eigenvalue weighted by Crippen LogP contribution is 2.16. The van der Waals surface area contributed by atoms with Crippen LogP contribution in [0.25, 0.3) is 11.0 Å². The normalized spacial score (nSPS) is 12.6. The quantitative estimate of drug-likeness (QED) is 0.797. The van der Waals surface area contributed by atoms with E-state index in [0.29, 0.717) is 5.58 Å². The molecule has 0 spiro atoms. The van der Waals surface area contributed by atoms with Gasteiger partial charge in [-0.05, 0) is 19.1 Å². The minimum absolute atomic E-state index is 0.0725. The van der Waals surface area contributed by atoms with Crippen LogP contribution in [-0.2, 0) is 0 Å². The third kappa shape index (κ3) is 2.23. The number of hydrogen-bond acceptors (Lipinski definition) is 4. The van der Waals surface area contributed by atoms with Crippen molar-refractivity contribution in [3.8, 4) is 5.75 Å². The molecule has 1 unspecified atom stereocenters. The van der Waals surface area contributed by atoms with E-state index in [0.717, 1.165) is 5.39 Å². The summed E-state index contributed by atoms with van der Waals surface area (Å²) in [6.07, 6.45) is -0.620. The topological polar surface area (TPSA) is 59.7 Å². The van der Waals surface area contributed by atoms with Gasteiger partial charge >= 0.3 is 5.63 Å². The SMILES string of the molecule is CC(O)COc1cc2ccccc2oc1=O. The summed E-state index contributed by atoms with van der Waals surface area (Å²) < 4.78 is 10.2. The van der Waals surface area contributed by atoms with Gasteiger partial charge in [-0.3, -0.25) is 0 Å². The van der Waals surface area contributed by atoms with E-state index in [2.05, 4.69) is 0 Å². The predicted molar refractivity (Wildman–Crippen MR) is 59.7 cm³/mol. The van der Waals surface area contributed by atoms with Crippen LogP contribution in [0.5, 0.6) is 5.75 Å². The zero-order chi connectivity index (χ0) is 11.5. The van der Waals surface area contributed by atoms with Crippen molar-refractivity contribution in [3.63, 3.8) is 0 Å². The van der Waals surface area contributed by atoms with Crippen molar-refractivity contribution in [3.05, 3.63) is 40.8 Å². The van der Waals surface area contributed by atoms with E-state index in [-0.39, 0.29) is 12.4 Å². The zero-order valence-corrected chi connectivity index (χ0v) is 8.84. The van der Waals surface area contributed by atoms with E-state index < -0.39 is 11.7 Å². The monoisotopic (exact) mass is 220 g/mol. The van der Waals surface area contributed by atoms with Crippen LogP contribution >= 0.6 is 0 Å². The Morgan fingerprint density at radius 1 is 1.44 bits per heavy atom. The summed E-state index contributed by atoms with van der Waals surface area (Å²) in [5, 5.41) is 9.85. The minimum Gasteiger partial charge on any atom is -0.484 e. The number of aliphatic hydroxyl groups excluding tert-OH is 1. The maximum Gasteiger partial charge on any atom is 0.379 e. The molecule has 0 saturated carbocycles. The van der Waals surface area contributed by atoms with E-state index in [1.165, 1.54) is 0 Å². The average Bonchev–Trinajstić information content (AvgIpc) is 2.26. The number of rotatable bonds is 3. The number of aliphatic hydroxyl groups is 1. The Labute approximate surface area is 92.1 Å². The van der Waals surface area contributed by atoms with Crippen molar-refractivity contribution >= 4 is 11.0 Å². The Hall–Kier alpha value is -1.81. The van der Waals surface area contributed by atoms with E-state index >= 15 is 0 Å². The van der Waals surface area contributed by atoms with Crippen molar-refractivity contribution in [1.82, 2.24) is 0 Å². The maximum atomic E-state index is 11.5. The first-order chi connectivity index (χ1) is 7.66. The van der Waals surface area contributed by atoms with Crippen LogP contribution in [0.4, 0.5) is 0 Å². The van der Waals surface area contributed by atoms with Crippen LogP contribution in [0.3, 0.4) is 0 Å². The molecule has 0 amide bonds. The van der Waals surface area contributed by atoms with Gasteiger partial charge in [0.2, 0.25) is 5.75 Å². The Kier molecular flexibility index (Phi) is 2.92. The van der Waals surface area contributed by atoms with Crippen LogP contribution in [0.2, 0.25) is 0 Å². The molecule has 0 radical (unpaired) electrons. The lowest BCUT2D eigenvalue weighted by Gasteiger charge is -2.07. The second kappa shape index (κ2) is 4.37. The number of hydrogen-bond donors (Lipinski definition) is 1. The van der Waals surface area contributed by atoms with Crippen molar-refractivity contribution in [2.45, 2.75) is 13.0 Å². The van der Waals surface area contributed by atoms with Crippen molar-refractivity contribution < 1.29 is 14.3 Å². The number of benzene rings is 1. The van der Waals surface area contributed by atoms with Gasteiger partial charge in [0.25, 0.3) is 0 Å². The van der Waals surface area contributed by atoms with Gasteiger partial charge in [-0.2, -0.15) is 0 Å². The number of fused-ring (bicyclic) bond motifs is 1. The summed E-state index contributed by atoms with van der Waals surface area (Å²) >= 11 is 0. The first kappa shape index (κ1) is 10.7. The van der Waals surface area contributed by atoms with E-state index in [4.69, 9.17) is 14.3 Å². The fourth-order valence-corrected chi connectivity index (χ4v) is 1.35. The highest BCUT2D eigenvalue weighted by molar-refractivity contribution is 5.77. The van der Waals surface area contributed by atoms with Crippen LogP contribution in [-0.4, -0.2) is 17.8 Å². The fraction of sp³-hybridized carbons (Fsp3) is 0.250. The molecule has 1 heterocycles. The highest BCUT2D eigenvalue weighted by atomic mass is 16.5. The lowest BCUT2D eigenvalue weighted by Crippen LogP contribution is -2.16. The summed E-state index contributed by atoms with van der Waals surface area (Å²) in [5.74, 6) is 0.125. The molecule has 84 valence electrons. The molecular weight excluding hydrogens is 208 g/mol. The van der Waals surface area contributed by atoms with Crippen LogP contribution in [0.15, 0.2) is 39.5 Å². The first-order valence-corrected chi connectivity index (χ1v) is 5.00. The van der Waals surface area contributed by atoms with Crippen LogP contribution in [0.1, 0.15) is 6.92 Å². The molecule has 2 rings (SSSR count). The average molecular weight is 220 g/mol. The Balaban J connectivity index is 2.38. The molecule has 1 aromatic heterocycles. The molecular formula is C12H12O4. The van der Waals surface area contributed by atoms with Gasteiger partial charge in [-0.1, -0.05) is 18.2 Å². The van der Waals surface area contributed by atoms with E-state index in [9.17, 15) is 4.79 Å². The fourth-order valence-electron chi connectivity index (χ4n) is 1.35. The molecule has 1 N–H and O–H groups in total. The molecule has 0 aliphatic carbocycles. The second-order valence-electron chi connectivity index (χ2n) is 3.60. The molecule has 4 heteroatoms.